The molecule has 278 valence electrons. The van der Waals surface area contributed by atoms with E-state index in [0.717, 1.165) is 13.0 Å². The number of aliphatic hydroxyl groups excluding tert-OH is 6. The lowest BCUT2D eigenvalue weighted by atomic mass is 9.85. The van der Waals surface area contributed by atoms with Crippen LogP contribution in [0.2, 0.25) is 0 Å². The molecular formula is C33H38O18. The molecule has 2 aliphatic heterocycles. The zero-order valence-corrected chi connectivity index (χ0v) is 27.1. The molecule has 18 nitrogen and oxygen atoms in total. The number of esters is 1. The molecule has 2 saturated heterocycles. The van der Waals surface area contributed by atoms with Gasteiger partial charge in [-0.25, -0.2) is 0 Å². The molecule has 5 rings (SSSR count). The van der Waals surface area contributed by atoms with Gasteiger partial charge in [0.15, 0.2) is 11.0 Å². The van der Waals surface area contributed by atoms with Gasteiger partial charge >= 0.3 is 11.9 Å². The van der Waals surface area contributed by atoms with Crippen molar-refractivity contribution in [1.82, 2.24) is 0 Å². The molecule has 0 aliphatic carbocycles. The van der Waals surface area contributed by atoms with Gasteiger partial charge in [-0.15, -0.1) is 0 Å². The summed E-state index contributed by atoms with van der Waals surface area (Å²) in [6.45, 7) is 1.55. The summed E-state index contributed by atoms with van der Waals surface area (Å²) in [7, 11) is 0. The third-order valence-corrected chi connectivity index (χ3v) is 8.95. The molecule has 0 saturated carbocycles. The van der Waals surface area contributed by atoms with Crippen LogP contribution >= 0.6 is 0 Å². The van der Waals surface area contributed by atoms with Gasteiger partial charge in [-0.2, -0.15) is 0 Å². The van der Waals surface area contributed by atoms with Crippen LogP contribution in [0.15, 0.2) is 39.5 Å². The van der Waals surface area contributed by atoms with Crippen LogP contribution < -0.4 is 5.43 Å². The van der Waals surface area contributed by atoms with Crippen molar-refractivity contribution in [3.05, 3.63) is 51.7 Å². The summed E-state index contributed by atoms with van der Waals surface area (Å²) < 4.78 is 22.5. The van der Waals surface area contributed by atoms with E-state index in [0.29, 0.717) is 0 Å². The van der Waals surface area contributed by atoms with Gasteiger partial charge in [0.05, 0.1) is 35.7 Å². The molecule has 0 bridgehead atoms. The standard InChI is InChI=1S/C33H38O18/c1-11-22(39)26(43)28(45)31(49-11)20-24(41)19-14(35)7-15(12-3-5-13(34)6-4-12)50-30(19)21(25(20)42)32-29(46)27(44)23(40)16(51-32)10-48-18(38)9-33(2,47)8-17(36)37/h3-7,11,16,22-23,26-29,31-32,34,39-47H,8-10H2,1-2H3,(H,36,37)/t11-,16+,22+,23+,26+,27-,28-,29+,31+,32+,33+/m1/s1. The molecule has 2 aliphatic rings. The minimum absolute atomic E-state index is 0.126. The number of carboxylic acids is 1. The van der Waals surface area contributed by atoms with E-state index >= 15 is 0 Å². The van der Waals surface area contributed by atoms with E-state index in [4.69, 9.17) is 23.7 Å². The lowest BCUT2D eigenvalue weighted by Gasteiger charge is -2.42. The first kappa shape index (κ1) is 37.9. The van der Waals surface area contributed by atoms with Crippen LogP contribution in [-0.2, 0) is 23.8 Å². The van der Waals surface area contributed by atoms with Crippen LogP contribution in [0.3, 0.4) is 0 Å². The summed E-state index contributed by atoms with van der Waals surface area (Å²) in [5.74, 6) is -4.84. The summed E-state index contributed by atoms with van der Waals surface area (Å²) >= 11 is 0. The summed E-state index contributed by atoms with van der Waals surface area (Å²) in [6.07, 6.45) is -19.9. The summed E-state index contributed by atoms with van der Waals surface area (Å²) in [5.41, 5.74) is -4.67. The van der Waals surface area contributed by atoms with Gasteiger partial charge in [-0.05, 0) is 38.1 Å². The smallest absolute Gasteiger partial charge is 0.308 e. The highest BCUT2D eigenvalue weighted by Crippen LogP contribution is 2.51. The molecular weight excluding hydrogens is 684 g/mol. The topological polar surface area (TPSA) is 315 Å². The van der Waals surface area contributed by atoms with Crippen LogP contribution in [-0.4, -0.2) is 129 Å². The maximum absolute atomic E-state index is 13.7. The van der Waals surface area contributed by atoms with E-state index in [9.17, 15) is 65.4 Å². The first-order valence-corrected chi connectivity index (χ1v) is 15.7. The highest BCUT2D eigenvalue weighted by Gasteiger charge is 2.50. The second-order valence-corrected chi connectivity index (χ2v) is 13.0. The molecule has 0 spiro atoms. The predicted molar refractivity (Wildman–Crippen MR) is 168 cm³/mol. The summed E-state index contributed by atoms with van der Waals surface area (Å²) in [5, 5.41) is 116. The van der Waals surface area contributed by atoms with Crippen molar-refractivity contribution in [3.8, 4) is 28.6 Å². The SMILES string of the molecule is C[C@H]1O[C@@H](c2c(O)c([C@@H]3O[C@@H](COC(=O)C[C@@](C)(O)CC(=O)O)[C@H](O)[C@@H](O)[C@@H]3O)c3oc(-c4ccc(O)cc4)cc(=O)c3c2O)[C@H](O)[C@@H](O)[C@H]1O. The van der Waals surface area contributed by atoms with E-state index in [-0.39, 0.29) is 17.1 Å². The van der Waals surface area contributed by atoms with E-state index in [1.807, 2.05) is 0 Å². The van der Waals surface area contributed by atoms with Crippen LogP contribution in [0, 0.1) is 0 Å². The Kier molecular flexibility index (Phi) is 10.6. The quantitative estimate of drug-likeness (QED) is 0.116. The number of aliphatic hydroxyl groups is 7. The van der Waals surface area contributed by atoms with Crippen molar-refractivity contribution < 1.29 is 84.4 Å². The summed E-state index contributed by atoms with van der Waals surface area (Å²) in [4.78, 5) is 37.2. The molecule has 3 heterocycles. The van der Waals surface area contributed by atoms with Crippen molar-refractivity contribution in [1.29, 1.82) is 0 Å². The molecule has 51 heavy (non-hydrogen) atoms. The Labute approximate surface area is 287 Å². The van der Waals surface area contributed by atoms with Crippen LogP contribution in [0.5, 0.6) is 17.2 Å². The van der Waals surface area contributed by atoms with Gasteiger partial charge in [0, 0.05) is 11.6 Å². The van der Waals surface area contributed by atoms with E-state index in [2.05, 4.69) is 0 Å². The predicted octanol–water partition coefficient (Wildman–Crippen LogP) is -1.20. The van der Waals surface area contributed by atoms with Crippen molar-refractivity contribution in [2.45, 2.75) is 93.3 Å². The number of hydrogen-bond acceptors (Lipinski definition) is 17. The highest BCUT2D eigenvalue weighted by atomic mass is 16.6. The Bertz CT molecular complexity index is 1840. The molecule has 11 N–H and O–H groups in total. The van der Waals surface area contributed by atoms with Crippen molar-refractivity contribution in [2.24, 2.45) is 0 Å². The Balaban J connectivity index is 1.65. The average Bonchev–Trinajstić information content (AvgIpc) is 3.04. The fourth-order valence-corrected chi connectivity index (χ4v) is 6.25. The molecule has 11 atom stereocenters. The van der Waals surface area contributed by atoms with Gasteiger partial charge < -0.3 is 74.8 Å². The van der Waals surface area contributed by atoms with Crippen LogP contribution in [0.25, 0.3) is 22.3 Å². The van der Waals surface area contributed by atoms with Gasteiger partial charge in [-0.1, -0.05) is 0 Å². The Morgan fingerprint density at radius 2 is 1.39 bits per heavy atom. The monoisotopic (exact) mass is 722 g/mol. The number of fused-ring (bicyclic) bond motifs is 1. The fourth-order valence-electron chi connectivity index (χ4n) is 6.25. The second-order valence-electron chi connectivity index (χ2n) is 13.0. The lowest BCUT2D eigenvalue weighted by Crippen LogP contribution is -2.55. The van der Waals surface area contributed by atoms with Gasteiger partial charge in [0.1, 0.15) is 89.9 Å². The number of carbonyl (C=O) groups excluding carboxylic acids is 1. The largest absolute Gasteiger partial charge is 0.508 e. The number of ether oxygens (including phenoxy) is 3. The Hall–Kier alpha value is -4.37. The van der Waals surface area contributed by atoms with Gasteiger partial charge in [-0.3, -0.25) is 14.4 Å². The molecule has 2 aromatic carbocycles. The number of phenolic OH excluding ortho intramolecular Hbond substituents is 3. The first-order valence-electron chi connectivity index (χ1n) is 15.7. The van der Waals surface area contributed by atoms with Crippen molar-refractivity contribution >= 4 is 22.9 Å². The Morgan fingerprint density at radius 1 is 0.804 bits per heavy atom. The van der Waals surface area contributed by atoms with E-state index in [1.54, 1.807) is 0 Å². The van der Waals surface area contributed by atoms with Crippen LogP contribution in [0.4, 0.5) is 0 Å². The zero-order chi connectivity index (χ0) is 37.7. The molecule has 18 heteroatoms. The minimum Gasteiger partial charge on any atom is -0.508 e. The molecule has 3 aromatic rings. The highest BCUT2D eigenvalue weighted by molar-refractivity contribution is 5.92. The number of aromatic hydroxyl groups is 3. The van der Waals surface area contributed by atoms with E-state index in [1.165, 1.54) is 31.2 Å². The third kappa shape index (κ3) is 7.36. The van der Waals surface area contributed by atoms with E-state index < -0.39 is 137 Å². The van der Waals surface area contributed by atoms with Crippen LogP contribution in [0.1, 0.15) is 50.0 Å². The number of benzene rings is 2. The average molecular weight is 723 g/mol. The lowest BCUT2D eigenvalue weighted by molar-refractivity contribution is -0.235. The number of hydrogen-bond donors (Lipinski definition) is 11. The minimum atomic E-state index is -2.12. The number of phenols is 3. The van der Waals surface area contributed by atoms with Crippen molar-refractivity contribution in [2.75, 3.05) is 6.61 Å². The molecule has 0 radical (unpaired) electrons. The normalized spacial score (nSPS) is 30.8. The number of carboxylic acid groups (broad SMARTS) is 1. The zero-order valence-electron chi connectivity index (χ0n) is 27.1. The third-order valence-electron chi connectivity index (χ3n) is 8.95. The number of aliphatic carboxylic acids is 1. The first-order chi connectivity index (χ1) is 23.8. The molecule has 1 aromatic heterocycles. The molecule has 0 amide bonds. The fraction of sp³-hybridized carbons (Fsp3) is 0.485. The number of carbonyl (C=O) groups is 2. The summed E-state index contributed by atoms with van der Waals surface area (Å²) in [6, 6.07) is 6.26. The molecule has 0 unspecified atom stereocenters. The van der Waals surface area contributed by atoms with Gasteiger partial charge in [0.2, 0.25) is 0 Å². The van der Waals surface area contributed by atoms with Crippen molar-refractivity contribution in [3.63, 3.8) is 0 Å². The Morgan fingerprint density at radius 3 is 2.00 bits per heavy atom. The second kappa shape index (κ2) is 14.3. The van der Waals surface area contributed by atoms with Gasteiger partial charge in [0.25, 0.3) is 0 Å². The number of rotatable bonds is 9. The maximum Gasteiger partial charge on any atom is 0.308 e. The maximum atomic E-state index is 13.7. The molecule has 2 fully saturated rings.